The summed E-state index contributed by atoms with van der Waals surface area (Å²) >= 11 is 6.20. The molecule has 0 aliphatic rings. The first-order valence-corrected chi connectivity index (χ1v) is 10.7. The third-order valence-electron chi connectivity index (χ3n) is 4.75. The SMILES string of the molecule is CCOC(=O)CNc1ccc(/C(=C(/CCCl)c2ccccc2)c2ccccc2)cc1. The first kappa shape index (κ1) is 21.7. The van der Waals surface area contributed by atoms with Gasteiger partial charge in [-0.25, -0.2) is 0 Å². The van der Waals surface area contributed by atoms with Crippen molar-refractivity contribution in [3.8, 4) is 0 Å². The molecule has 3 nitrogen and oxygen atoms in total. The van der Waals surface area contributed by atoms with Crippen molar-refractivity contribution >= 4 is 34.4 Å². The van der Waals surface area contributed by atoms with Crippen molar-refractivity contribution < 1.29 is 9.53 Å². The summed E-state index contributed by atoms with van der Waals surface area (Å²) in [6.07, 6.45) is 0.763. The van der Waals surface area contributed by atoms with Crippen molar-refractivity contribution in [2.75, 3.05) is 24.3 Å². The molecule has 0 spiro atoms. The maximum Gasteiger partial charge on any atom is 0.325 e. The highest BCUT2D eigenvalue weighted by Crippen LogP contribution is 2.35. The molecule has 0 aromatic heterocycles. The molecule has 0 atom stereocenters. The number of nitrogens with one attached hydrogen (secondary N) is 1. The third kappa shape index (κ3) is 5.74. The summed E-state index contributed by atoms with van der Waals surface area (Å²) in [5.41, 5.74) is 6.67. The van der Waals surface area contributed by atoms with E-state index < -0.39 is 0 Å². The lowest BCUT2D eigenvalue weighted by molar-refractivity contribution is -0.140. The van der Waals surface area contributed by atoms with Crippen LogP contribution >= 0.6 is 11.6 Å². The van der Waals surface area contributed by atoms with Crippen LogP contribution in [0.4, 0.5) is 5.69 Å². The molecule has 0 amide bonds. The molecule has 0 saturated heterocycles. The van der Waals surface area contributed by atoms with Crippen LogP contribution in [0.1, 0.15) is 30.0 Å². The molecule has 1 N–H and O–H groups in total. The van der Waals surface area contributed by atoms with Gasteiger partial charge in [-0.2, -0.15) is 0 Å². The smallest absolute Gasteiger partial charge is 0.325 e. The Bertz CT molecular complexity index is 967. The Morgan fingerprint density at radius 3 is 1.97 bits per heavy atom. The topological polar surface area (TPSA) is 38.3 Å². The van der Waals surface area contributed by atoms with Gasteiger partial charge in [-0.05, 0) is 53.3 Å². The zero-order valence-electron chi connectivity index (χ0n) is 17.1. The molecule has 0 aliphatic carbocycles. The minimum atomic E-state index is -0.264. The second-order valence-electron chi connectivity index (χ2n) is 6.76. The first-order valence-electron chi connectivity index (χ1n) is 10.1. The number of carbonyl (C=O) groups is 1. The maximum absolute atomic E-state index is 11.6. The van der Waals surface area contributed by atoms with Gasteiger partial charge in [-0.15, -0.1) is 11.6 Å². The lowest BCUT2D eigenvalue weighted by Gasteiger charge is -2.17. The molecule has 0 unspecified atom stereocenters. The predicted molar refractivity (Wildman–Crippen MR) is 126 cm³/mol. The average Bonchev–Trinajstić information content (AvgIpc) is 2.80. The number of hydrogen-bond donors (Lipinski definition) is 1. The summed E-state index contributed by atoms with van der Waals surface area (Å²) in [6, 6.07) is 28.9. The van der Waals surface area contributed by atoms with E-state index in [4.69, 9.17) is 16.3 Å². The number of anilines is 1. The molecular formula is C26H26ClNO2. The Hall–Kier alpha value is -3.04. The lowest BCUT2D eigenvalue weighted by Crippen LogP contribution is -2.16. The number of hydrogen-bond acceptors (Lipinski definition) is 3. The number of ether oxygens (including phenoxy) is 1. The van der Waals surface area contributed by atoms with Gasteiger partial charge in [0.15, 0.2) is 0 Å². The van der Waals surface area contributed by atoms with Crippen LogP contribution in [-0.4, -0.2) is 25.0 Å². The van der Waals surface area contributed by atoms with E-state index in [0.29, 0.717) is 12.5 Å². The van der Waals surface area contributed by atoms with Crippen molar-refractivity contribution in [2.24, 2.45) is 0 Å². The van der Waals surface area contributed by atoms with Gasteiger partial charge in [-0.1, -0.05) is 72.8 Å². The maximum atomic E-state index is 11.6. The first-order chi connectivity index (χ1) is 14.7. The standard InChI is InChI=1S/C26H26ClNO2/c1-2-30-25(29)19-28-23-15-13-22(14-16-23)26(21-11-7-4-8-12-21)24(17-18-27)20-9-5-3-6-10-20/h3-16,28H,2,17-19H2,1H3/b26-24-. The van der Waals surface area contributed by atoms with Gasteiger partial charge >= 0.3 is 5.97 Å². The fourth-order valence-electron chi connectivity index (χ4n) is 3.41. The van der Waals surface area contributed by atoms with Crippen LogP contribution < -0.4 is 5.32 Å². The minimum Gasteiger partial charge on any atom is -0.465 e. The highest BCUT2D eigenvalue weighted by Gasteiger charge is 2.14. The van der Waals surface area contributed by atoms with Gasteiger partial charge in [-0.3, -0.25) is 4.79 Å². The molecule has 4 heteroatoms. The molecule has 0 aliphatic heterocycles. The van der Waals surface area contributed by atoms with Crippen LogP contribution in [0, 0.1) is 0 Å². The average molecular weight is 420 g/mol. The van der Waals surface area contributed by atoms with Crippen LogP contribution in [0.15, 0.2) is 84.9 Å². The van der Waals surface area contributed by atoms with Gasteiger partial charge < -0.3 is 10.1 Å². The van der Waals surface area contributed by atoms with Crippen LogP contribution in [0.5, 0.6) is 0 Å². The van der Waals surface area contributed by atoms with Crippen molar-refractivity contribution in [3.63, 3.8) is 0 Å². The quantitative estimate of drug-likeness (QED) is 0.253. The normalized spacial score (nSPS) is 11.5. The Balaban J connectivity index is 2.00. The second kappa shape index (κ2) is 11.2. The van der Waals surface area contributed by atoms with E-state index in [1.54, 1.807) is 6.92 Å². The number of esters is 1. The summed E-state index contributed by atoms with van der Waals surface area (Å²) in [7, 11) is 0. The summed E-state index contributed by atoms with van der Waals surface area (Å²) in [5, 5.41) is 3.11. The van der Waals surface area contributed by atoms with Gasteiger partial charge in [0, 0.05) is 11.6 Å². The fraction of sp³-hybridized carbons (Fsp3) is 0.192. The number of benzene rings is 3. The van der Waals surface area contributed by atoms with Crippen molar-refractivity contribution in [2.45, 2.75) is 13.3 Å². The number of allylic oxidation sites excluding steroid dienone is 1. The number of carbonyl (C=O) groups excluding carboxylic acids is 1. The molecule has 30 heavy (non-hydrogen) atoms. The molecule has 0 bridgehead atoms. The third-order valence-corrected chi connectivity index (χ3v) is 4.94. The largest absolute Gasteiger partial charge is 0.465 e. The van der Waals surface area contributed by atoms with Crippen molar-refractivity contribution in [1.82, 2.24) is 0 Å². The molecule has 3 aromatic rings. The van der Waals surface area contributed by atoms with Crippen LogP contribution in [0.2, 0.25) is 0 Å². The number of alkyl halides is 1. The molecular weight excluding hydrogens is 394 g/mol. The van der Waals surface area contributed by atoms with Gasteiger partial charge in [0.25, 0.3) is 0 Å². The summed E-state index contributed by atoms with van der Waals surface area (Å²) < 4.78 is 4.97. The van der Waals surface area contributed by atoms with Gasteiger partial charge in [0.1, 0.15) is 6.54 Å². The molecule has 0 heterocycles. The van der Waals surface area contributed by atoms with Gasteiger partial charge in [0.2, 0.25) is 0 Å². The monoisotopic (exact) mass is 419 g/mol. The zero-order chi connectivity index (χ0) is 21.2. The molecule has 3 rings (SSSR count). The number of rotatable bonds is 9. The Morgan fingerprint density at radius 1 is 0.833 bits per heavy atom. The summed E-state index contributed by atoms with van der Waals surface area (Å²) in [5.74, 6) is 0.277. The predicted octanol–water partition coefficient (Wildman–Crippen LogP) is 6.25. The van der Waals surface area contributed by atoms with E-state index in [1.165, 1.54) is 16.7 Å². The van der Waals surface area contributed by atoms with Crippen LogP contribution in [0.25, 0.3) is 11.1 Å². The summed E-state index contributed by atoms with van der Waals surface area (Å²) in [4.78, 5) is 11.6. The number of halogens is 1. The molecule has 0 radical (unpaired) electrons. The molecule has 0 saturated carbocycles. The van der Waals surface area contributed by atoms with E-state index in [2.05, 4.69) is 53.8 Å². The van der Waals surface area contributed by atoms with Crippen LogP contribution in [-0.2, 0) is 9.53 Å². The van der Waals surface area contributed by atoms with Crippen LogP contribution in [0.3, 0.4) is 0 Å². The highest BCUT2D eigenvalue weighted by molar-refractivity contribution is 6.18. The minimum absolute atomic E-state index is 0.149. The lowest BCUT2D eigenvalue weighted by atomic mass is 9.88. The van der Waals surface area contributed by atoms with E-state index in [9.17, 15) is 4.79 Å². The van der Waals surface area contributed by atoms with E-state index >= 15 is 0 Å². The van der Waals surface area contributed by atoms with Crippen molar-refractivity contribution in [1.29, 1.82) is 0 Å². The Kier molecular flexibility index (Phi) is 8.10. The Labute approximate surface area is 183 Å². The highest BCUT2D eigenvalue weighted by atomic mass is 35.5. The Morgan fingerprint density at radius 2 is 1.40 bits per heavy atom. The zero-order valence-corrected chi connectivity index (χ0v) is 17.9. The molecule has 154 valence electrons. The van der Waals surface area contributed by atoms with E-state index in [-0.39, 0.29) is 12.5 Å². The van der Waals surface area contributed by atoms with E-state index in [1.807, 2.05) is 36.4 Å². The van der Waals surface area contributed by atoms with E-state index in [0.717, 1.165) is 23.2 Å². The van der Waals surface area contributed by atoms with Crippen molar-refractivity contribution in [3.05, 3.63) is 102 Å². The molecule has 3 aromatic carbocycles. The fourth-order valence-corrected chi connectivity index (χ4v) is 3.60. The van der Waals surface area contributed by atoms with Gasteiger partial charge in [0.05, 0.1) is 6.61 Å². The summed E-state index contributed by atoms with van der Waals surface area (Å²) in [6.45, 7) is 2.33. The molecule has 0 fully saturated rings. The second-order valence-corrected chi connectivity index (χ2v) is 7.14.